The summed E-state index contributed by atoms with van der Waals surface area (Å²) in [5.74, 6) is 8.45. The second-order valence-corrected chi connectivity index (χ2v) is 7.28. The number of aromatic nitrogens is 2. The normalized spacial score (nSPS) is 34.6. The zero-order valence-corrected chi connectivity index (χ0v) is 12.9. The summed E-state index contributed by atoms with van der Waals surface area (Å²) in [7, 11) is 0. The van der Waals surface area contributed by atoms with Gasteiger partial charge in [-0.25, -0.2) is 0 Å². The minimum atomic E-state index is 0.267. The number of thiophene rings is 1. The predicted octanol–water partition coefficient (Wildman–Crippen LogP) is 1.84. The van der Waals surface area contributed by atoms with Crippen LogP contribution < -0.4 is 4.74 Å². The topological polar surface area (TPSA) is 38.3 Å². The van der Waals surface area contributed by atoms with Crippen LogP contribution in [-0.2, 0) is 5.41 Å². The Kier molecular flexibility index (Phi) is 2.48. The zero-order chi connectivity index (χ0) is 13.9. The Bertz CT molecular complexity index is 731. The van der Waals surface area contributed by atoms with Gasteiger partial charge in [0.1, 0.15) is 5.69 Å². The number of ether oxygens (including phenoxy) is 1. The van der Waals surface area contributed by atoms with Gasteiger partial charge in [0.2, 0.25) is 0 Å². The summed E-state index contributed by atoms with van der Waals surface area (Å²) in [4.78, 5) is 2.54. The average Bonchev–Trinajstić information content (AvgIpc) is 3.16. The molecule has 0 radical (unpaired) electrons. The minimum Gasteiger partial charge on any atom is -0.463 e. The molecule has 0 spiro atoms. The molecule has 6 heteroatoms. The summed E-state index contributed by atoms with van der Waals surface area (Å²) in [5.41, 5.74) is 2.41. The van der Waals surface area contributed by atoms with Gasteiger partial charge in [0, 0.05) is 36.0 Å². The van der Waals surface area contributed by atoms with Gasteiger partial charge in [-0.2, -0.15) is 15.7 Å². The molecule has 4 aliphatic rings. The Morgan fingerprint density at radius 2 is 2.29 bits per heavy atom. The van der Waals surface area contributed by atoms with Crippen LogP contribution in [0.5, 0.6) is 5.88 Å². The molecule has 0 amide bonds. The molecule has 0 N–H and O–H groups in total. The number of rotatable bonds is 3. The van der Waals surface area contributed by atoms with Crippen LogP contribution in [0.1, 0.15) is 11.3 Å². The lowest BCUT2D eigenvalue weighted by atomic mass is 10.0. The van der Waals surface area contributed by atoms with Crippen molar-refractivity contribution in [3.8, 4) is 17.7 Å². The maximum absolute atomic E-state index is 5.79. The van der Waals surface area contributed by atoms with Crippen molar-refractivity contribution in [3.05, 3.63) is 28.1 Å². The largest absolute Gasteiger partial charge is 0.463 e. The van der Waals surface area contributed by atoms with Gasteiger partial charge in [0.15, 0.2) is 6.61 Å². The molecule has 3 saturated heterocycles. The van der Waals surface area contributed by atoms with E-state index in [2.05, 4.69) is 25.5 Å². The van der Waals surface area contributed by atoms with Crippen molar-refractivity contribution in [3.63, 3.8) is 0 Å². The molecule has 2 atom stereocenters. The minimum absolute atomic E-state index is 0.267. The summed E-state index contributed by atoms with van der Waals surface area (Å²) in [6, 6.07) is 2.02. The van der Waals surface area contributed by atoms with E-state index in [1.54, 1.807) is 11.3 Å². The van der Waals surface area contributed by atoms with E-state index in [4.69, 9.17) is 4.74 Å². The standard InChI is InChI=1S/C15H13N3OS2/c1(2-10-3-5-20-8-10)4-19-14-13(16-21-17-14)15-9-18-6-11(15)12(15)7-18/h3,5,8,11-12H,4,6-7,9H2. The summed E-state index contributed by atoms with van der Waals surface area (Å²) in [6.07, 6.45) is 0. The Morgan fingerprint density at radius 1 is 1.38 bits per heavy atom. The summed E-state index contributed by atoms with van der Waals surface area (Å²) in [6.45, 7) is 3.99. The Labute approximate surface area is 131 Å². The fraction of sp³-hybridized carbons (Fsp3) is 0.467. The molecule has 6 rings (SSSR count). The van der Waals surface area contributed by atoms with Crippen molar-refractivity contribution < 1.29 is 4.74 Å². The number of piperidine rings is 3. The Hall–Kier alpha value is -1.42. The molecule has 3 aliphatic heterocycles. The summed E-state index contributed by atoms with van der Waals surface area (Å²) in [5, 5.41) is 4.07. The van der Waals surface area contributed by atoms with Gasteiger partial charge in [-0.1, -0.05) is 11.8 Å². The van der Waals surface area contributed by atoms with E-state index in [1.165, 1.54) is 24.8 Å². The maximum atomic E-state index is 5.79. The lowest BCUT2D eigenvalue weighted by Crippen LogP contribution is -2.17. The van der Waals surface area contributed by atoms with E-state index in [0.29, 0.717) is 6.61 Å². The summed E-state index contributed by atoms with van der Waals surface area (Å²) < 4.78 is 14.7. The molecule has 5 heterocycles. The van der Waals surface area contributed by atoms with Crippen molar-refractivity contribution in [2.45, 2.75) is 5.41 Å². The Morgan fingerprint density at radius 3 is 3.00 bits per heavy atom. The highest BCUT2D eigenvalue weighted by Crippen LogP contribution is 2.70. The first-order chi connectivity index (χ1) is 10.4. The molecule has 2 aromatic rings. The second-order valence-electron chi connectivity index (χ2n) is 5.97. The van der Waals surface area contributed by atoms with Crippen molar-refractivity contribution in [1.29, 1.82) is 0 Å². The molecule has 4 bridgehead atoms. The molecular formula is C15H13N3OS2. The SMILES string of the molecule is C(#Cc1ccsc1)COc1nsnc1C12CN3CC1C2C3. The van der Waals surface area contributed by atoms with E-state index in [0.717, 1.165) is 35.5 Å². The lowest BCUT2D eigenvalue weighted by molar-refractivity contribution is 0.348. The van der Waals surface area contributed by atoms with Crippen LogP contribution in [0.15, 0.2) is 16.8 Å². The smallest absolute Gasteiger partial charge is 0.250 e. The summed E-state index contributed by atoms with van der Waals surface area (Å²) >= 11 is 2.92. The van der Waals surface area contributed by atoms with Gasteiger partial charge in [0.25, 0.3) is 5.88 Å². The van der Waals surface area contributed by atoms with Gasteiger partial charge < -0.3 is 9.64 Å². The fourth-order valence-electron chi connectivity index (χ4n) is 4.11. The van der Waals surface area contributed by atoms with Gasteiger partial charge in [-0.05, 0) is 23.3 Å². The molecular weight excluding hydrogens is 302 g/mol. The van der Waals surface area contributed by atoms with Gasteiger partial charge in [-0.15, -0.1) is 4.37 Å². The third-order valence-corrected chi connectivity index (χ3v) is 6.22. The predicted molar refractivity (Wildman–Crippen MR) is 81.7 cm³/mol. The van der Waals surface area contributed by atoms with Crippen molar-refractivity contribution in [2.75, 3.05) is 26.2 Å². The highest BCUT2D eigenvalue weighted by atomic mass is 32.1. The quantitative estimate of drug-likeness (QED) is 0.810. The van der Waals surface area contributed by atoms with E-state index >= 15 is 0 Å². The maximum Gasteiger partial charge on any atom is 0.250 e. The number of hydrogen-bond donors (Lipinski definition) is 0. The third kappa shape index (κ3) is 1.65. The van der Waals surface area contributed by atoms with Crippen LogP contribution in [0.3, 0.4) is 0 Å². The molecule has 21 heavy (non-hydrogen) atoms. The fourth-order valence-corrected chi connectivity index (χ4v) is 5.28. The van der Waals surface area contributed by atoms with Crippen LogP contribution in [0, 0.1) is 23.7 Å². The van der Waals surface area contributed by atoms with Crippen molar-refractivity contribution in [2.24, 2.45) is 11.8 Å². The van der Waals surface area contributed by atoms with E-state index in [-0.39, 0.29) is 5.41 Å². The molecule has 4 nitrogen and oxygen atoms in total. The van der Waals surface area contributed by atoms with Gasteiger partial charge >= 0.3 is 0 Å². The third-order valence-electron chi connectivity index (χ3n) is 5.03. The molecule has 1 aliphatic carbocycles. The highest BCUT2D eigenvalue weighted by Gasteiger charge is 2.76. The first-order valence-electron chi connectivity index (χ1n) is 7.07. The molecule has 0 aromatic carbocycles. The number of nitrogens with zero attached hydrogens (tertiary/aromatic N) is 3. The van der Waals surface area contributed by atoms with E-state index in [1.807, 2.05) is 16.8 Å². The molecule has 2 unspecified atom stereocenters. The number of hydrogen-bond acceptors (Lipinski definition) is 6. The lowest BCUT2D eigenvalue weighted by Gasteiger charge is -2.09. The van der Waals surface area contributed by atoms with E-state index in [9.17, 15) is 0 Å². The first-order valence-corrected chi connectivity index (χ1v) is 8.74. The van der Waals surface area contributed by atoms with Crippen LogP contribution in [0.2, 0.25) is 0 Å². The zero-order valence-electron chi connectivity index (χ0n) is 11.3. The van der Waals surface area contributed by atoms with Gasteiger partial charge in [-0.3, -0.25) is 0 Å². The van der Waals surface area contributed by atoms with Crippen LogP contribution in [-0.4, -0.2) is 39.9 Å². The molecule has 4 fully saturated rings. The molecule has 1 saturated carbocycles. The average molecular weight is 315 g/mol. The Balaban J connectivity index is 1.32. The van der Waals surface area contributed by atoms with Crippen LogP contribution in [0.4, 0.5) is 0 Å². The van der Waals surface area contributed by atoms with Crippen LogP contribution in [0.25, 0.3) is 0 Å². The first kappa shape index (κ1) is 12.2. The van der Waals surface area contributed by atoms with Gasteiger partial charge in [0.05, 0.1) is 11.7 Å². The van der Waals surface area contributed by atoms with Crippen LogP contribution >= 0.6 is 23.1 Å². The van der Waals surface area contributed by atoms with Crippen molar-refractivity contribution >= 4 is 23.1 Å². The highest BCUT2D eigenvalue weighted by molar-refractivity contribution is 7.08. The van der Waals surface area contributed by atoms with E-state index < -0.39 is 0 Å². The molecule has 2 aromatic heterocycles. The second kappa shape index (κ2) is 4.29. The van der Waals surface area contributed by atoms with Crippen molar-refractivity contribution in [1.82, 2.24) is 13.6 Å². The molecule has 106 valence electrons. The monoisotopic (exact) mass is 315 g/mol.